The van der Waals surface area contributed by atoms with E-state index in [1.165, 1.54) is 4.90 Å². The highest BCUT2D eigenvalue weighted by Gasteiger charge is 2.29. The minimum Gasteiger partial charge on any atom is -0.493 e. The predicted octanol–water partition coefficient (Wildman–Crippen LogP) is 3.47. The molecule has 136 valence electrons. The maximum Gasteiger partial charge on any atom is 0.267 e. The SMILES string of the molecule is CCCOc1ccccc1C(=O)Nc1ccc2c(c1)N(C)C(=O)C(C)O2. The molecule has 0 bridgehead atoms. The van der Waals surface area contributed by atoms with Crippen LogP contribution in [0.15, 0.2) is 42.5 Å². The molecule has 2 aromatic rings. The number of fused-ring (bicyclic) bond motifs is 1. The molecule has 6 nitrogen and oxygen atoms in total. The van der Waals surface area contributed by atoms with Gasteiger partial charge >= 0.3 is 0 Å². The second kappa shape index (κ2) is 7.47. The van der Waals surface area contributed by atoms with Crippen molar-refractivity contribution in [2.45, 2.75) is 26.4 Å². The lowest BCUT2D eigenvalue weighted by Gasteiger charge is -2.30. The molecular formula is C20H22N2O4. The van der Waals surface area contributed by atoms with Gasteiger partial charge in [-0.2, -0.15) is 0 Å². The monoisotopic (exact) mass is 354 g/mol. The molecule has 0 aromatic heterocycles. The van der Waals surface area contributed by atoms with Crippen molar-refractivity contribution in [3.8, 4) is 11.5 Å². The number of hydrogen-bond donors (Lipinski definition) is 1. The third kappa shape index (κ3) is 3.49. The molecule has 0 aliphatic carbocycles. The van der Waals surface area contributed by atoms with Crippen molar-refractivity contribution in [2.24, 2.45) is 0 Å². The number of hydrogen-bond acceptors (Lipinski definition) is 4. The van der Waals surface area contributed by atoms with E-state index in [2.05, 4.69) is 5.32 Å². The molecule has 1 unspecified atom stereocenters. The van der Waals surface area contributed by atoms with Crippen LogP contribution in [0.4, 0.5) is 11.4 Å². The fourth-order valence-electron chi connectivity index (χ4n) is 2.78. The topological polar surface area (TPSA) is 67.9 Å². The number of benzene rings is 2. The number of para-hydroxylation sites is 1. The second-order valence-corrected chi connectivity index (χ2v) is 6.14. The zero-order valence-electron chi connectivity index (χ0n) is 15.1. The molecule has 3 rings (SSSR count). The molecule has 1 atom stereocenters. The van der Waals surface area contributed by atoms with Crippen LogP contribution < -0.4 is 19.7 Å². The molecule has 0 spiro atoms. The van der Waals surface area contributed by atoms with Crippen LogP contribution in [0, 0.1) is 0 Å². The Balaban J connectivity index is 1.82. The zero-order chi connectivity index (χ0) is 18.7. The molecule has 2 aromatic carbocycles. The smallest absolute Gasteiger partial charge is 0.267 e. The number of ether oxygens (including phenoxy) is 2. The first-order valence-corrected chi connectivity index (χ1v) is 8.62. The number of nitrogens with one attached hydrogen (secondary N) is 1. The molecule has 1 N–H and O–H groups in total. The lowest BCUT2D eigenvalue weighted by molar-refractivity contribution is -0.125. The molecule has 0 radical (unpaired) electrons. The van der Waals surface area contributed by atoms with Crippen LogP contribution in [-0.2, 0) is 4.79 Å². The van der Waals surface area contributed by atoms with Crippen molar-refractivity contribution in [1.82, 2.24) is 0 Å². The first-order valence-electron chi connectivity index (χ1n) is 8.62. The fourth-order valence-corrected chi connectivity index (χ4v) is 2.78. The molecule has 1 aliphatic rings. The summed E-state index contributed by atoms with van der Waals surface area (Å²) in [5.74, 6) is 0.772. The fraction of sp³-hybridized carbons (Fsp3) is 0.300. The lowest BCUT2D eigenvalue weighted by atomic mass is 10.1. The number of nitrogens with zero attached hydrogens (tertiary/aromatic N) is 1. The van der Waals surface area contributed by atoms with Crippen LogP contribution in [-0.4, -0.2) is 31.6 Å². The molecule has 0 fully saturated rings. The number of amides is 2. The van der Waals surface area contributed by atoms with Gasteiger partial charge in [0.1, 0.15) is 11.5 Å². The van der Waals surface area contributed by atoms with Crippen LogP contribution >= 0.6 is 0 Å². The Morgan fingerprint density at radius 2 is 2.04 bits per heavy atom. The summed E-state index contributed by atoms with van der Waals surface area (Å²) in [6, 6.07) is 12.4. The summed E-state index contributed by atoms with van der Waals surface area (Å²) in [5, 5.41) is 2.86. The summed E-state index contributed by atoms with van der Waals surface area (Å²) in [6.07, 6.45) is 0.343. The van der Waals surface area contributed by atoms with Crippen LogP contribution in [0.2, 0.25) is 0 Å². The van der Waals surface area contributed by atoms with E-state index in [1.807, 2.05) is 13.0 Å². The van der Waals surface area contributed by atoms with E-state index in [9.17, 15) is 9.59 Å². The Morgan fingerprint density at radius 3 is 2.81 bits per heavy atom. The van der Waals surface area contributed by atoms with Crippen molar-refractivity contribution in [3.05, 3.63) is 48.0 Å². The molecule has 2 amide bonds. The quantitative estimate of drug-likeness (QED) is 0.893. The number of likely N-dealkylation sites (N-methyl/N-ethyl adjacent to an activating group) is 1. The highest BCUT2D eigenvalue weighted by atomic mass is 16.5. The minimum absolute atomic E-state index is 0.126. The van der Waals surface area contributed by atoms with Crippen LogP contribution in [0.5, 0.6) is 11.5 Å². The molecule has 0 saturated heterocycles. The van der Waals surface area contributed by atoms with Gasteiger partial charge < -0.3 is 19.7 Å². The Labute approximate surface area is 152 Å². The summed E-state index contributed by atoms with van der Waals surface area (Å²) in [5.41, 5.74) is 1.67. The molecule has 26 heavy (non-hydrogen) atoms. The van der Waals surface area contributed by atoms with E-state index in [-0.39, 0.29) is 11.8 Å². The zero-order valence-corrected chi connectivity index (χ0v) is 15.1. The maximum atomic E-state index is 12.7. The highest BCUT2D eigenvalue weighted by molar-refractivity contribution is 6.07. The van der Waals surface area contributed by atoms with Gasteiger partial charge in [-0.3, -0.25) is 9.59 Å². The van der Waals surface area contributed by atoms with E-state index >= 15 is 0 Å². The summed E-state index contributed by atoms with van der Waals surface area (Å²) in [7, 11) is 1.69. The Bertz CT molecular complexity index is 834. The van der Waals surface area contributed by atoms with Gasteiger partial charge in [-0.15, -0.1) is 0 Å². The highest BCUT2D eigenvalue weighted by Crippen LogP contribution is 2.35. The molecule has 1 aliphatic heterocycles. The molecule has 6 heteroatoms. The van der Waals surface area contributed by atoms with Gasteiger partial charge in [0.25, 0.3) is 11.8 Å². The van der Waals surface area contributed by atoms with E-state index in [1.54, 1.807) is 50.4 Å². The van der Waals surface area contributed by atoms with E-state index < -0.39 is 6.10 Å². The van der Waals surface area contributed by atoms with Crippen molar-refractivity contribution in [1.29, 1.82) is 0 Å². The summed E-state index contributed by atoms with van der Waals surface area (Å²) in [6.45, 7) is 4.27. The summed E-state index contributed by atoms with van der Waals surface area (Å²) < 4.78 is 11.2. The third-order valence-corrected chi connectivity index (χ3v) is 4.15. The Kier molecular flexibility index (Phi) is 5.11. The second-order valence-electron chi connectivity index (χ2n) is 6.14. The van der Waals surface area contributed by atoms with Gasteiger partial charge in [0.15, 0.2) is 6.10 Å². The molecule has 0 saturated carbocycles. The van der Waals surface area contributed by atoms with E-state index in [0.717, 1.165) is 6.42 Å². The average molecular weight is 354 g/mol. The van der Waals surface area contributed by atoms with Crippen molar-refractivity contribution in [3.63, 3.8) is 0 Å². The largest absolute Gasteiger partial charge is 0.493 e. The number of rotatable bonds is 5. The van der Waals surface area contributed by atoms with E-state index in [4.69, 9.17) is 9.47 Å². The lowest BCUT2D eigenvalue weighted by Crippen LogP contribution is -2.41. The summed E-state index contributed by atoms with van der Waals surface area (Å²) >= 11 is 0. The van der Waals surface area contributed by atoms with E-state index in [0.29, 0.717) is 35.0 Å². The first kappa shape index (κ1) is 17.8. The van der Waals surface area contributed by atoms with Gasteiger partial charge in [0.05, 0.1) is 17.9 Å². The van der Waals surface area contributed by atoms with Crippen molar-refractivity contribution < 1.29 is 19.1 Å². The van der Waals surface area contributed by atoms with Crippen molar-refractivity contribution in [2.75, 3.05) is 23.9 Å². The van der Waals surface area contributed by atoms with Crippen LogP contribution in [0.3, 0.4) is 0 Å². The molecular weight excluding hydrogens is 332 g/mol. The van der Waals surface area contributed by atoms with Gasteiger partial charge in [-0.05, 0) is 43.7 Å². The van der Waals surface area contributed by atoms with Gasteiger partial charge in [-0.1, -0.05) is 19.1 Å². The number of carbonyl (C=O) groups excluding carboxylic acids is 2. The Morgan fingerprint density at radius 1 is 1.27 bits per heavy atom. The normalized spacial score (nSPS) is 15.9. The van der Waals surface area contributed by atoms with Crippen molar-refractivity contribution >= 4 is 23.2 Å². The molecule has 1 heterocycles. The maximum absolute atomic E-state index is 12.7. The first-order chi connectivity index (χ1) is 12.5. The van der Waals surface area contributed by atoms with Gasteiger partial charge in [0.2, 0.25) is 0 Å². The third-order valence-electron chi connectivity index (χ3n) is 4.15. The minimum atomic E-state index is -0.518. The van der Waals surface area contributed by atoms with Crippen LogP contribution in [0.25, 0.3) is 0 Å². The van der Waals surface area contributed by atoms with Crippen LogP contribution in [0.1, 0.15) is 30.6 Å². The number of carbonyl (C=O) groups is 2. The standard InChI is InChI=1S/C20H22N2O4/c1-4-11-25-17-8-6-5-7-15(17)19(23)21-14-9-10-18-16(12-14)22(3)20(24)13(2)26-18/h5-10,12-13H,4,11H2,1-3H3,(H,21,23). The average Bonchev–Trinajstić information content (AvgIpc) is 2.65. The Hall–Kier alpha value is -3.02. The summed E-state index contributed by atoms with van der Waals surface area (Å²) in [4.78, 5) is 26.3. The van der Waals surface area contributed by atoms with Gasteiger partial charge in [-0.25, -0.2) is 0 Å². The number of anilines is 2. The van der Waals surface area contributed by atoms with Gasteiger partial charge in [0, 0.05) is 12.7 Å². The predicted molar refractivity (Wildman–Crippen MR) is 100 cm³/mol.